The van der Waals surface area contributed by atoms with Gasteiger partial charge >= 0.3 is 0 Å². The fourth-order valence-electron chi connectivity index (χ4n) is 3.00. The first-order valence-electron chi connectivity index (χ1n) is 8.78. The molecule has 0 saturated heterocycles. The highest BCUT2D eigenvalue weighted by atomic mass is 16.3. The first-order chi connectivity index (χ1) is 12.0. The molecule has 0 saturated carbocycles. The molecule has 0 heterocycles. The number of aliphatic hydroxyl groups is 1. The summed E-state index contributed by atoms with van der Waals surface area (Å²) in [6, 6.07) is 16.1. The van der Waals surface area contributed by atoms with Crippen LogP contribution in [0.1, 0.15) is 42.5 Å². The van der Waals surface area contributed by atoms with Crippen LogP contribution in [-0.2, 0) is 4.79 Å². The second-order valence-corrected chi connectivity index (χ2v) is 6.61. The van der Waals surface area contributed by atoms with Crippen molar-refractivity contribution >= 4 is 11.6 Å². The Morgan fingerprint density at radius 3 is 2.48 bits per heavy atom. The molecule has 0 aliphatic heterocycles. The summed E-state index contributed by atoms with van der Waals surface area (Å²) in [5, 5.41) is 15.8. The van der Waals surface area contributed by atoms with E-state index < -0.39 is 0 Å². The number of rotatable bonds is 8. The fraction of sp³-hybridized carbons (Fsp3) is 0.381. The predicted molar refractivity (Wildman–Crippen MR) is 103 cm³/mol. The molecule has 2 atom stereocenters. The van der Waals surface area contributed by atoms with Crippen LogP contribution >= 0.6 is 0 Å². The van der Waals surface area contributed by atoms with Crippen LogP contribution in [0.4, 0.5) is 5.69 Å². The molecule has 0 spiro atoms. The van der Waals surface area contributed by atoms with Crippen molar-refractivity contribution < 1.29 is 9.90 Å². The zero-order valence-electron chi connectivity index (χ0n) is 15.3. The van der Waals surface area contributed by atoms with Gasteiger partial charge in [0.15, 0.2) is 0 Å². The first-order valence-corrected chi connectivity index (χ1v) is 8.78. The van der Waals surface area contributed by atoms with Gasteiger partial charge in [0.05, 0.1) is 0 Å². The van der Waals surface area contributed by atoms with Crippen molar-refractivity contribution in [3.05, 3.63) is 65.2 Å². The quantitative estimate of drug-likeness (QED) is 0.686. The molecule has 0 bridgehead atoms. The Bertz CT molecular complexity index is 686. The van der Waals surface area contributed by atoms with E-state index in [9.17, 15) is 9.90 Å². The van der Waals surface area contributed by atoms with Crippen LogP contribution < -0.4 is 10.6 Å². The normalized spacial score (nSPS) is 13.3. The van der Waals surface area contributed by atoms with Crippen molar-refractivity contribution in [3.63, 3.8) is 0 Å². The number of hydrogen-bond acceptors (Lipinski definition) is 3. The summed E-state index contributed by atoms with van der Waals surface area (Å²) < 4.78 is 0. The molecule has 25 heavy (non-hydrogen) atoms. The SMILES string of the molecule is Cc1ccc(NC(=O)CC(C)N[C@H](CCO)c2ccccc2)c(C)c1. The standard InChI is InChI=1S/C21H28N2O2/c1-15-9-10-19(16(2)13-15)23-21(25)14-17(3)22-20(11-12-24)18-7-5-4-6-8-18/h4-10,13,17,20,22,24H,11-12,14H2,1-3H3,(H,23,25)/t17?,20-/m1/s1. The number of carbonyl (C=O) groups excluding carboxylic acids is 1. The van der Waals surface area contributed by atoms with Crippen LogP contribution in [0.25, 0.3) is 0 Å². The predicted octanol–water partition coefficient (Wildman–Crippen LogP) is 3.73. The number of aryl methyl sites for hydroxylation is 2. The van der Waals surface area contributed by atoms with Crippen LogP contribution in [-0.4, -0.2) is 23.7 Å². The van der Waals surface area contributed by atoms with E-state index in [0.29, 0.717) is 12.8 Å². The van der Waals surface area contributed by atoms with E-state index in [1.807, 2.05) is 63.2 Å². The van der Waals surface area contributed by atoms with Crippen LogP contribution in [0.3, 0.4) is 0 Å². The van der Waals surface area contributed by atoms with Crippen molar-refractivity contribution in [2.75, 3.05) is 11.9 Å². The second kappa shape index (κ2) is 9.35. The van der Waals surface area contributed by atoms with E-state index in [1.54, 1.807) is 0 Å². The molecule has 0 radical (unpaired) electrons. The molecule has 2 aromatic carbocycles. The molecule has 1 unspecified atom stereocenters. The number of benzene rings is 2. The Labute approximate surface area is 150 Å². The molecular weight excluding hydrogens is 312 g/mol. The molecular formula is C21H28N2O2. The van der Waals surface area contributed by atoms with E-state index >= 15 is 0 Å². The summed E-state index contributed by atoms with van der Waals surface area (Å²) in [6.45, 7) is 6.13. The van der Waals surface area contributed by atoms with Gasteiger partial charge in [-0.1, -0.05) is 48.0 Å². The second-order valence-electron chi connectivity index (χ2n) is 6.61. The third-order valence-corrected chi connectivity index (χ3v) is 4.25. The van der Waals surface area contributed by atoms with E-state index in [1.165, 1.54) is 5.56 Å². The third kappa shape index (κ3) is 6.00. The molecule has 0 aliphatic carbocycles. The Hall–Kier alpha value is -2.17. The lowest BCUT2D eigenvalue weighted by atomic mass is 10.0. The molecule has 2 aromatic rings. The molecule has 0 aliphatic rings. The zero-order chi connectivity index (χ0) is 18.2. The smallest absolute Gasteiger partial charge is 0.225 e. The van der Waals surface area contributed by atoms with Gasteiger partial charge in [-0.3, -0.25) is 4.79 Å². The van der Waals surface area contributed by atoms with Gasteiger partial charge in [-0.25, -0.2) is 0 Å². The number of carbonyl (C=O) groups is 1. The lowest BCUT2D eigenvalue weighted by Crippen LogP contribution is -2.34. The Balaban J connectivity index is 1.93. The van der Waals surface area contributed by atoms with E-state index in [-0.39, 0.29) is 24.6 Å². The van der Waals surface area contributed by atoms with Crippen molar-refractivity contribution in [1.29, 1.82) is 0 Å². The number of nitrogens with one attached hydrogen (secondary N) is 2. The highest BCUT2D eigenvalue weighted by molar-refractivity contribution is 5.91. The van der Waals surface area contributed by atoms with Gasteiger partial charge in [0.25, 0.3) is 0 Å². The summed E-state index contributed by atoms with van der Waals surface area (Å²) in [7, 11) is 0. The fourth-order valence-corrected chi connectivity index (χ4v) is 3.00. The molecule has 4 nitrogen and oxygen atoms in total. The Kier molecular flexibility index (Phi) is 7.16. The summed E-state index contributed by atoms with van der Waals surface area (Å²) in [4.78, 5) is 12.3. The van der Waals surface area contributed by atoms with Gasteiger partial charge in [-0.05, 0) is 44.4 Å². The highest BCUT2D eigenvalue weighted by Crippen LogP contribution is 2.19. The highest BCUT2D eigenvalue weighted by Gasteiger charge is 2.16. The van der Waals surface area contributed by atoms with Crippen molar-refractivity contribution in [1.82, 2.24) is 5.32 Å². The van der Waals surface area contributed by atoms with Crippen LogP contribution in [0.5, 0.6) is 0 Å². The number of hydrogen-bond donors (Lipinski definition) is 3. The van der Waals surface area contributed by atoms with Crippen LogP contribution in [0, 0.1) is 13.8 Å². The lowest BCUT2D eigenvalue weighted by Gasteiger charge is -2.23. The number of anilines is 1. The number of amides is 1. The minimum Gasteiger partial charge on any atom is -0.396 e. The lowest BCUT2D eigenvalue weighted by molar-refractivity contribution is -0.116. The Morgan fingerprint density at radius 1 is 1.12 bits per heavy atom. The maximum absolute atomic E-state index is 12.3. The van der Waals surface area contributed by atoms with E-state index in [2.05, 4.69) is 16.7 Å². The molecule has 134 valence electrons. The van der Waals surface area contributed by atoms with Crippen LogP contribution in [0.2, 0.25) is 0 Å². The van der Waals surface area contributed by atoms with Crippen molar-refractivity contribution in [3.8, 4) is 0 Å². The average molecular weight is 340 g/mol. The Morgan fingerprint density at radius 2 is 1.84 bits per heavy atom. The molecule has 4 heteroatoms. The zero-order valence-corrected chi connectivity index (χ0v) is 15.3. The van der Waals surface area contributed by atoms with E-state index in [0.717, 1.165) is 16.8 Å². The maximum atomic E-state index is 12.3. The van der Waals surface area contributed by atoms with E-state index in [4.69, 9.17) is 0 Å². The first kappa shape index (κ1) is 19.2. The molecule has 0 fully saturated rings. The molecule has 1 amide bonds. The number of aliphatic hydroxyl groups excluding tert-OH is 1. The maximum Gasteiger partial charge on any atom is 0.225 e. The van der Waals surface area contributed by atoms with Crippen molar-refractivity contribution in [2.24, 2.45) is 0 Å². The van der Waals surface area contributed by atoms with Gasteiger partial charge in [-0.15, -0.1) is 0 Å². The monoisotopic (exact) mass is 340 g/mol. The van der Waals surface area contributed by atoms with Gasteiger partial charge < -0.3 is 15.7 Å². The minimum absolute atomic E-state index is 0.00232. The minimum atomic E-state index is -0.0113. The largest absolute Gasteiger partial charge is 0.396 e. The third-order valence-electron chi connectivity index (χ3n) is 4.25. The van der Waals surface area contributed by atoms with Gasteiger partial charge in [-0.2, -0.15) is 0 Å². The molecule has 0 aromatic heterocycles. The average Bonchev–Trinajstić information content (AvgIpc) is 2.58. The topological polar surface area (TPSA) is 61.4 Å². The summed E-state index contributed by atoms with van der Waals surface area (Å²) in [5.41, 5.74) is 4.23. The summed E-state index contributed by atoms with van der Waals surface area (Å²) in [5.74, 6) is -0.0113. The van der Waals surface area contributed by atoms with Crippen LogP contribution in [0.15, 0.2) is 48.5 Å². The summed E-state index contributed by atoms with van der Waals surface area (Å²) in [6.07, 6.45) is 0.995. The molecule has 2 rings (SSSR count). The summed E-state index contributed by atoms with van der Waals surface area (Å²) >= 11 is 0. The van der Waals surface area contributed by atoms with Gasteiger partial charge in [0.1, 0.15) is 0 Å². The molecule has 3 N–H and O–H groups in total. The van der Waals surface area contributed by atoms with Gasteiger partial charge in [0.2, 0.25) is 5.91 Å². The van der Waals surface area contributed by atoms with Crippen molar-refractivity contribution in [2.45, 2.75) is 45.7 Å². The van der Waals surface area contributed by atoms with Gasteiger partial charge in [0, 0.05) is 30.8 Å².